The van der Waals surface area contributed by atoms with Gasteiger partial charge < -0.3 is 5.73 Å². The quantitative estimate of drug-likeness (QED) is 0.782. The van der Waals surface area contributed by atoms with Crippen molar-refractivity contribution < 1.29 is 8.42 Å². The van der Waals surface area contributed by atoms with E-state index in [0.717, 1.165) is 19.3 Å². The molecule has 1 aliphatic carbocycles. The summed E-state index contributed by atoms with van der Waals surface area (Å²) in [5.74, 6) is 0.531. The summed E-state index contributed by atoms with van der Waals surface area (Å²) in [6.45, 7) is 2.34. The molecule has 90 valence electrons. The number of nitrogens with two attached hydrogens (primary N) is 1. The van der Waals surface area contributed by atoms with E-state index in [0.29, 0.717) is 5.92 Å². The highest BCUT2D eigenvalue weighted by molar-refractivity contribution is 7.89. The number of hydrogen-bond donors (Lipinski definition) is 1. The third-order valence-corrected chi connectivity index (χ3v) is 5.25. The van der Waals surface area contributed by atoms with Gasteiger partial charge >= 0.3 is 0 Å². The van der Waals surface area contributed by atoms with E-state index in [1.165, 1.54) is 6.42 Å². The van der Waals surface area contributed by atoms with Crippen LogP contribution in [0.15, 0.2) is 0 Å². The molecule has 0 aliphatic heterocycles. The van der Waals surface area contributed by atoms with Crippen molar-refractivity contribution in [3.05, 3.63) is 0 Å². The first-order valence-corrected chi connectivity index (χ1v) is 7.25. The Bertz CT molecular complexity index is 290. The van der Waals surface area contributed by atoms with Crippen LogP contribution in [-0.4, -0.2) is 38.1 Å². The van der Waals surface area contributed by atoms with Crippen molar-refractivity contribution in [2.45, 2.75) is 38.6 Å². The van der Waals surface area contributed by atoms with Crippen LogP contribution in [-0.2, 0) is 10.0 Å². The SMILES string of the molecule is CC1CCCCC1N(C)S(=O)(=O)CCN. The molecule has 0 saturated heterocycles. The zero-order valence-corrected chi connectivity index (χ0v) is 10.5. The minimum absolute atomic E-state index is 0.0622. The molecule has 1 aliphatic rings. The Kier molecular flexibility index (Phi) is 4.55. The normalized spacial score (nSPS) is 28.3. The average Bonchev–Trinajstić information content (AvgIpc) is 2.17. The molecule has 0 radical (unpaired) electrons. The molecule has 0 bridgehead atoms. The lowest BCUT2D eigenvalue weighted by Gasteiger charge is -2.35. The lowest BCUT2D eigenvalue weighted by Crippen LogP contribution is -2.44. The lowest BCUT2D eigenvalue weighted by molar-refractivity contribution is 0.213. The van der Waals surface area contributed by atoms with Gasteiger partial charge in [0.25, 0.3) is 0 Å². The van der Waals surface area contributed by atoms with Gasteiger partial charge in [-0.3, -0.25) is 0 Å². The lowest BCUT2D eigenvalue weighted by atomic mass is 9.86. The van der Waals surface area contributed by atoms with Gasteiger partial charge in [0.2, 0.25) is 10.0 Å². The summed E-state index contributed by atoms with van der Waals surface area (Å²) in [5, 5.41) is 0. The monoisotopic (exact) mass is 234 g/mol. The molecule has 0 aromatic carbocycles. The van der Waals surface area contributed by atoms with Crippen molar-refractivity contribution in [3.8, 4) is 0 Å². The largest absolute Gasteiger partial charge is 0.329 e. The van der Waals surface area contributed by atoms with Crippen molar-refractivity contribution in [3.63, 3.8) is 0 Å². The first-order valence-electron chi connectivity index (χ1n) is 5.65. The molecule has 2 unspecified atom stereocenters. The van der Waals surface area contributed by atoms with Gasteiger partial charge in [-0.05, 0) is 18.8 Å². The molecule has 0 heterocycles. The maximum atomic E-state index is 11.8. The molecule has 1 fully saturated rings. The van der Waals surface area contributed by atoms with Crippen LogP contribution in [0.5, 0.6) is 0 Å². The highest BCUT2D eigenvalue weighted by Crippen LogP contribution is 2.28. The molecule has 1 rings (SSSR count). The van der Waals surface area contributed by atoms with E-state index in [-0.39, 0.29) is 18.3 Å². The summed E-state index contributed by atoms with van der Waals surface area (Å²) in [4.78, 5) is 0. The average molecular weight is 234 g/mol. The van der Waals surface area contributed by atoms with Gasteiger partial charge in [0, 0.05) is 19.6 Å². The fraction of sp³-hybridized carbons (Fsp3) is 1.00. The zero-order valence-electron chi connectivity index (χ0n) is 9.65. The van der Waals surface area contributed by atoms with Crippen LogP contribution < -0.4 is 5.73 Å². The predicted octanol–water partition coefficient (Wildman–Crippen LogP) is 0.785. The molecular formula is C10H22N2O2S. The molecule has 2 atom stereocenters. The first-order chi connectivity index (χ1) is 6.99. The molecule has 5 heteroatoms. The van der Waals surface area contributed by atoms with Gasteiger partial charge in [-0.15, -0.1) is 0 Å². The molecular weight excluding hydrogens is 212 g/mol. The van der Waals surface area contributed by atoms with Crippen molar-refractivity contribution in [1.29, 1.82) is 0 Å². The van der Waals surface area contributed by atoms with E-state index in [9.17, 15) is 8.42 Å². The molecule has 0 aromatic rings. The van der Waals surface area contributed by atoms with Gasteiger partial charge in [0.15, 0.2) is 0 Å². The molecule has 0 aromatic heterocycles. The predicted molar refractivity (Wildman–Crippen MR) is 62.0 cm³/mol. The van der Waals surface area contributed by atoms with E-state index in [1.54, 1.807) is 11.4 Å². The van der Waals surface area contributed by atoms with E-state index in [4.69, 9.17) is 5.73 Å². The summed E-state index contributed by atoms with van der Waals surface area (Å²) in [5.41, 5.74) is 5.31. The maximum Gasteiger partial charge on any atom is 0.215 e. The van der Waals surface area contributed by atoms with Crippen LogP contribution in [0.25, 0.3) is 0 Å². The standard InChI is InChI=1S/C10H22N2O2S/c1-9-5-3-4-6-10(9)12(2)15(13,14)8-7-11/h9-10H,3-8,11H2,1-2H3. The molecule has 0 amide bonds. The summed E-state index contributed by atoms with van der Waals surface area (Å²) in [6.07, 6.45) is 4.48. The van der Waals surface area contributed by atoms with Crippen molar-refractivity contribution in [2.24, 2.45) is 11.7 Å². The van der Waals surface area contributed by atoms with Gasteiger partial charge in [0.1, 0.15) is 0 Å². The number of hydrogen-bond acceptors (Lipinski definition) is 3. The van der Waals surface area contributed by atoms with Crippen LogP contribution in [0.4, 0.5) is 0 Å². The van der Waals surface area contributed by atoms with E-state index < -0.39 is 10.0 Å². The third kappa shape index (κ3) is 3.16. The fourth-order valence-corrected chi connectivity index (χ4v) is 3.65. The molecule has 2 N–H and O–H groups in total. The van der Waals surface area contributed by atoms with E-state index in [2.05, 4.69) is 6.92 Å². The molecule has 4 nitrogen and oxygen atoms in total. The topological polar surface area (TPSA) is 63.4 Å². The second-order valence-electron chi connectivity index (χ2n) is 4.45. The Balaban J connectivity index is 2.69. The molecule has 0 spiro atoms. The van der Waals surface area contributed by atoms with Crippen LogP contribution in [0.3, 0.4) is 0 Å². The first kappa shape index (κ1) is 12.9. The summed E-state index contributed by atoms with van der Waals surface area (Å²) in [6, 6.07) is 0.176. The Hall–Kier alpha value is -0.130. The number of sulfonamides is 1. The maximum absolute atomic E-state index is 11.8. The van der Waals surface area contributed by atoms with Gasteiger partial charge in [-0.1, -0.05) is 19.8 Å². The minimum atomic E-state index is -3.13. The van der Waals surface area contributed by atoms with Crippen LogP contribution >= 0.6 is 0 Å². The molecule has 15 heavy (non-hydrogen) atoms. The van der Waals surface area contributed by atoms with Gasteiger partial charge in [-0.2, -0.15) is 0 Å². The van der Waals surface area contributed by atoms with Crippen LogP contribution in [0.2, 0.25) is 0 Å². The second-order valence-corrected chi connectivity index (χ2v) is 6.60. The zero-order chi connectivity index (χ0) is 11.5. The smallest absolute Gasteiger partial charge is 0.215 e. The third-order valence-electron chi connectivity index (χ3n) is 3.35. The highest BCUT2D eigenvalue weighted by Gasteiger charge is 2.31. The van der Waals surface area contributed by atoms with Crippen molar-refractivity contribution in [2.75, 3.05) is 19.3 Å². The van der Waals surface area contributed by atoms with Gasteiger partial charge in [0.05, 0.1) is 5.75 Å². The minimum Gasteiger partial charge on any atom is -0.329 e. The Morgan fingerprint density at radius 1 is 1.33 bits per heavy atom. The van der Waals surface area contributed by atoms with Crippen LogP contribution in [0, 0.1) is 5.92 Å². The highest BCUT2D eigenvalue weighted by atomic mass is 32.2. The van der Waals surface area contributed by atoms with Crippen molar-refractivity contribution >= 4 is 10.0 Å². The van der Waals surface area contributed by atoms with Crippen molar-refractivity contribution in [1.82, 2.24) is 4.31 Å². The van der Waals surface area contributed by atoms with E-state index in [1.807, 2.05) is 0 Å². The Morgan fingerprint density at radius 2 is 1.93 bits per heavy atom. The number of nitrogens with zero attached hydrogens (tertiary/aromatic N) is 1. The Labute approximate surface area is 92.9 Å². The Morgan fingerprint density at radius 3 is 2.47 bits per heavy atom. The molecule has 1 saturated carbocycles. The van der Waals surface area contributed by atoms with Crippen LogP contribution in [0.1, 0.15) is 32.6 Å². The summed E-state index contributed by atoms with van der Waals surface area (Å²) < 4.78 is 25.2. The number of rotatable bonds is 4. The fourth-order valence-electron chi connectivity index (χ4n) is 2.34. The van der Waals surface area contributed by atoms with Gasteiger partial charge in [-0.25, -0.2) is 12.7 Å². The summed E-state index contributed by atoms with van der Waals surface area (Å²) >= 11 is 0. The summed E-state index contributed by atoms with van der Waals surface area (Å²) in [7, 11) is -1.44. The second kappa shape index (κ2) is 5.27. The van der Waals surface area contributed by atoms with E-state index >= 15 is 0 Å².